The third-order valence-corrected chi connectivity index (χ3v) is 3.96. The van der Waals surface area contributed by atoms with Gasteiger partial charge in [0.15, 0.2) is 0 Å². The molecule has 0 aliphatic rings. The number of carbonyl (C=O) groups excluding carboxylic acids is 1. The van der Waals surface area contributed by atoms with Gasteiger partial charge in [-0.15, -0.1) is 0 Å². The van der Waals surface area contributed by atoms with E-state index in [4.69, 9.17) is 23.2 Å². The molecular weight excluding hydrogens is 317 g/mol. The van der Waals surface area contributed by atoms with Crippen molar-refractivity contribution in [2.24, 2.45) is 0 Å². The number of anilines is 1. The Balaban J connectivity index is 2.00. The largest absolute Gasteiger partial charge is 0.322 e. The van der Waals surface area contributed by atoms with Gasteiger partial charge < -0.3 is 5.32 Å². The molecule has 4 heteroatoms. The van der Waals surface area contributed by atoms with Gasteiger partial charge in [-0.05, 0) is 41.3 Å². The molecule has 22 heavy (non-hydrogen) atoms. The molecule has 1 N–H and O–H groups in total. The van der Waals surface area contributed by atoms with Gasteiger partial charge in [0.05, 0.1) is 10.0 Å². The maximum Gasteiger partial charge on any atom is 0.248 e. The van der Waals surface area contributed by atoms with Gasteiger partial charge in [0.2, 0.25) is 5.91 Å². The Morgan fingerprint density at radius 1 is 1.05 bits per heavy atom. The van der Waals surface area contributed by atoms with E-state index in [2.05, 4.69) is 31.3 Å². The Hall–Kier alpha value is -1.77. The average Bonchev–Trinajstić information content (AvgIpc) is 2.49. The first-order valence-corrected chi connectivity index (χ1v) is 7.75. The molecule has 0 atom stereocenters. The molecule has 1 amide bonds. The van der Waals surface area contributed by atoms with Gasteiger partial charge in [-0.1, -0.05) is 61.3 Å². The molecule has 0 aliphatic carbocycles. The Morgan fingerprint density at radius 3 is 2.32 bits per heavy atom. The van der Waals surface area contributed by atoms with Crippen LogP contribution in [0.2, 0.25) is 10.0 Å². The minimum Gasteiger partial charge on any atom is -0.322 e. The summed E-state index contributed by atoms with van der Waals surface area (Å²) in [6.45, 7) is 4.30. The summed E-state index contributed by atoms with van der Waals surface area (Å²) < 4.78 is 0. The van der Waals surface area contributed by atoms with Crippen LogP contribution in [-0.2, 0) is 4.79 Å². The normalized spacial score (nSPS) is 11.1. The number of nitrogens with one attached hydrogen (secondary N) is 1. The van der Waals surface area contributed by atoms with E-state index >= 15 is 0 Å². The maximum atomic E-state index is 11.9. The molecule has 0 aromatic heterocycles. The predicted molar refractivity (Wildman–Crippen MR) is 94.7 cm³/mol. The number of benzene rings is 2. The standard InChI is InChI=1S/C18H17Cl2NO/c1-12(2)14-6-3-13(4-7-14)5-10-18(22)21-15-8-9-16(19)17(20)11-15/h3-12H,1-2H3,(H,21,22). The van der Waals surface area contributed by atoms with E-state index in [0.717, 1.165) is 5.56 Å². The van der Waals surface area contributed by atoms with Crippen LogP contribution >= 0.6 is 23.2 Å². The molecule has 0 aliphatic heterocycles. The van der Waals surface area contributed by atoms with Gasteiger partial charge in [-0.2, -0.15) is 0 Å². The smallest absolute Gasteiger partial charge is 0.248 e. The van der Waals surface area contributed by atoms with Crippen molar-refractivity contribution in [1.29, 1.82) is 0 Å². The predicted octanol–water partition coefficient (Wildman–Crippen LogP) is 5.77. The fraction of sp³-hybridized carbons (Fsp3) is 0.167. The van der Waals surface area contributed by atoms with Crippen molar-refractivity contribution >= 4 is 40.9 Å². The minimum absolute atomic E-state index is 0.216. The van der Waals surface area contributed by atoms with Gasteiger partial charge in [0.1, 0.15) is 0 Å². The van der Waals surface area contributed by atoms with Crippen molar-refractivity contribution in [2.45, 2.75) is 19.8 Å². The van der Waals surface area contributed by atoms with Gasteiger partial charge in [0, 0.05) is 11.8 Å². The number of hydrogen-bond acceptors (Lipinski definition) is 1. The summed E-state index contributed by atoms with van der Waals surface area (Å²) in [6, 6.07) is 13.1. The van der Waals surface area contributed by atoms with E-state index in [1.165, 1.54) is 11.6 Å². The van der Waals surface area contributed by atoms with E-state index in [1.54, 1.807) is 24.3 Å². The quantitative estimate of drug-likeness (QED) is 0.707. The molecule has 2 nitrogen and oxygen atoms in total. The average molecular weight is 334 g/mol. The highest BCUT2D eigenvalue weighted by Crippen LogP contribution is 2.25. The van der Waals surface area contributed by atoms with Crippen LogP contribution in [0.4, 0.5) is 5.69 Å². The molecule has 0 saturated heterocycles. The molecule has 2 aromatic rings. The van der Waals surface area contributed by atoms with Crippen molar-refractivity contribution in [3.05, 3.63) is 69.7 Å². The molecule has 2 rings (SSSR count). The highest BCUT2D eigenvalue weighted by atomic mass is 35.5. The number of hydrogen-bond donors (Lipinski definition) is 1. The number of carbonyl (C=O) groups is 1. The summed E-state index contributed by atoms with van der Waals surface area (Å²) >= 11 is 11.7. The SMILES string of the molecule is CC(C)c1ccc(C=CC(=O)Nc2ccc(Cl)c(Cl)c2)cc1. The van der Waals surface area contributed by atoms with E-state index in [-0.39, 0.29) is 5.91 Å². The Morgan fingerprint density at radius 2 is 1.73 bits per heavy atom. The summed E-state index contributed by atoms with van der Waals surface area (Å²) in [4.78, 5) is 11.9. The Bertz CT molecular complexity index is 691. The fourth-order valence-corrected chi connectivity index (χ4v) is 2.22. The summed E-state index contributed by atoms with van der Waals surface area (Å²) in [5.41, 5.74) is 2.87. The van der Waals surface area contributed by atoms with Crippen molar-refractivity contribution in [2.75, 3.05) is 5.32 Å². The summed E-state index contributed by atoms with van der Waals surface area (Å²) in [5.74, 6) is 0.280. The molecule has 0 heterocycles. The highest BCUT2D eigenvalue weighted by molar-refractivity contribution is 6.42. The lowest BCUT2D eigenvalue weighted by molar-refractivity contribution is -0.111. The molecular formula is C18H17Cl2NO. The molecule has 0 saturated carbocycles. The Labute approximate surface area is 140 Å². The second kappa shape index (κ2) is 7.48. The van der Waals surface area contributed by atoms with Crippen LogP contribution in [0.3, 0.4) is 0 Å². The van der Waals surface area contributed by atoms with Crippen LogP contribution in [0.15, 0.2) is 48.5 Å². The molecule has 0 fully saturated rings. The van der Waals surface area contributed by atoms with Crippen molar-refractivity contribution in [1.82, 2.24) is 0 Å². The van der Waals surface area contributed by atoms with Gasteiger partial charge in [-0.3, -0.25) is 4.79 Å². The van der Waals surface area contributed by atoms with Gasteiger partial charge in [-0.25, -0.2) is 0 Å². The topological polar surface area (TPSA) is 29.1 Å². The molecule has 114 valence electrons. The van der Waals surface area contributed by atoms with E-state index in [0.29, 0.717) is 21.7 Å². The monoisotopic (exact) mass is 333 g/mol. The lowest BCUT2D eigenvalue weighted by Crippen LogP contribution is -2.07. The number of rotatable bonds is 4. The van der Waals surface area contributed by atoms with Crippen LogP contribution in [0.25, 0.3) is 6.08 Å². The van der Waals surface area contributed by atoms with Crippen LogP contribution < -0.4 is 5.32 Å². The summed E-state index contributed by atoms with van der Waals surface area (Å²) in [6.07, 6.45) is 3.27. The second-order valence-electron chi connectivity index (χ2n) is 5.27. The fourth-order valence-electron chi connectivity index (χ4n) is 1.92. The van der Waals surface area contributed by atoms with Crippen molar-refractivity contribution in [3.63, 3.8) is 0 Å². The van der Waals surface area contributed by atoms with Gasteiger partial charge in [0.25, 0.3) is 0 Å². The third kappa shape index (κ3) is 4.62. The number of halogens is 2. The van der Waals surface area contributed by atoms with Crippen LogP contribution in [0.5, 0.6) is 0 Å². The minimum atomic E-state index is -0.216. The molecule has 2 aromatic carbocycles. The van der Waals surface area contributed by atoms with Crippen molar-refractivity contribution < 1.29 is 4.79 Å². The first kappa shape index (κ1) is 16.6. The van der Waals surface area contributed by atoms with Crippen molar-refractivity contribution in [3.8, 4) is 0 Å². The summed E-state index contributed by atoms with van der Waals surface area (Å²) in [5, 5.41) is 3.61. The zero-order valence-electron chi connectivity index (χ0n) is 12.4. The van der Waals surface area contributed by atoms with Crippen LogP contribution in [0.1, 0.15) is 30.9 Å². The Kier molecular flexibility index (Phi) is 5.64. The number of amides is 1. The zero-order chi connectivity index (χ0) is 16.1. The van der Waals surface area contributed by atoms with Crippen LogP contribution in [-0.4, -0.2) is 5.91 Å². The zero-order valence-corrected chi connectivity index (χ0v) is 13.9. The van der Waals surface area contributed by atoms with E-state index in [1.807, 2.05) is 12.1 Å². The third-order valence-electron chi connectivity index (χ3n) is 3.22. The first-order valence-electron chi connectivity index (χ1n) is 7.00. The lowest BCUT2D eigenvalue weighted by atomic mass is 10.0. The van der Waals surface area contributed by atoms with E-state index < -0.39 is 0 Å². The molecule has 0 spiro atoms. The lowest BCUT2D eigenvalue weighted by Gasteiger charge is -2.05. The summed E-state index contributed by atoms with van der Waals surface area (Å²) in [7, 11) is 0. The van der Waals surface area contributed by atoms with E-state index in [9.17, 15) is 4.79 Å². The molecule has 0 unspecified atom stereocenters. The maximum absolute atomic E-state index is 11.9. The van der Waals surface area contributed by atoms with Crippen LogP contribution in [0, 0.1) is 0 Å². The molecule has 0 bridgehead atoms. The first-order chi connectivity index (χ1) is 10.5. The highest BCUT2D eigenvalue weighted by Gasteiger charge is 2.02. The second-order valence-corrected chi connectivity index (χ2v) is 6.09. The molecule has 0 radical (unpaired) electrons. The van der Waals surface area contributed by atoms with Gasteiger partial charge >= 0.3 is 0 Å².